The Morgan fingerprint density at radius 1 is 1.36 bits per heavy atom. The van der Waals surface area contributed by atoms with E-state index < -0.39 is 0 Å². The van der Waals surface area contributed by atoms with Crippen LogP contribution >= 0.6 is 34.5 Å². The van der Waals surface area contributed by atoms with Gasteiger partial charge >= 0.3 is 0 Å². The third-order valence-corrected chi connectivity index (χ3v) is 5.25. The number of aromatic amines is 1. The number of H-pyrrole nitrogens is 1. The summed E-state index contributed by atoms with van der Waals surface area (Å²) < 4.78 is 0.577. The van der Waals surface area contributed by atoms with Crippen LogP contribution < -0.4 is 5.56 Å². The number of halogens is 2. The molecular formula is C17H13Cl2N3O2S. The van der Waals surface area contributed by atoms with Crippen molar-refractivity contribution in [3.05, 3.63) is 67.5 Å². The van der Waals surface area contributed by atoms with Crippen molar-refractivity contribution < 1.29 is 4.79 Å². The zero-order valence-electron chi connectivity index (χ0n) is 13.1. The number of aromatic nitrogens is 2. The van der Waals surface area contributed by atoms with Crippen LogP contribution in [0, 0.1) is 0 Å². The summed E-state index contributed by atoms with van der Waals surface area (Å²) in [6.07, 6.45) is 3.00. The van der Waals surface area contributed by atoms with Crippen LogP contribution in [-0.4, -0.2) is 27.8 Å². The highest BCUT2D eigenvalue weighted by molar-refractivity contribution is 7.17. The lowest BCUT2D eigenvalue weighted by molar-refractivity contribution is -0.125. The molecule has 128 valence electrons. The molecule has 0 saturated heterocycles. The van der Waals surface area contributed by atoms with Gasteiger partial charge in [-0.3, -0.25) is 9.59 Å². The highest BCUT2D eigenvalue weighted by atomic mass is 35.5. The molecule has 0 spiro atoms. The molecule has 1 aromatic carbocycles. The molecule has 1 N–H and O–H groups in total. The molecular weight excluding hydrogens is 381 g/mol. The number of hydrogen-bond acceptors (Lipinski definition) is 4. The topological polar surface area (TPSA) is 66.1 Å². The molecule has 0 aliphatic carbocycles. The van der Waals surface area contributed by atoms with Gasteiger partial charge in [-0.1, -0.05) is 35.3 Å². The second kappa shape index (κ2) is 7.39. The van der Waals surface area contributed by atoms with E-state index in [1.807, 2.05) is 5.38 Å². The van der Waals surface area contributed by atoms with Crippen molar-refractivity contribution >= 4 is 56.7 Å². The fraction of sp³-hybridized carbons (Fsp3) is 0.118. The minimum Gasteiger partial charge on any atom is -0.335 e. The third-order valence-electron chi connectivity index (χ3n) is 3.51. The maximum atomic E-state index is 12.3. The smallest absolute Gasteiger partial charge is 0.268 e. The second-order valence-electron chi connectivity index (χ2n) is 5.32. The van der Waals surface area contributed by atoms with Crippen molar-refractivity contribution in [2.24, 2.45) is 0 Å². The summed E-state index contributed by atoms with van der Waals surface area (Å²) in [5.41, 5.74) is 1.09. The predicted molar refractivity (Wildman–Crippen MR) is 102 cm³/mol. The van der Waals surface area contributed by atoms with E-state index in [1.54, 1.807) is 37.4 Å². The summed E-state index contributed by atoms with van der Waals surface area (Å²) in [6, 6.07) is 6.98. The molecule has 0 bridgehead atoms. The van der Waals surface area contributed by atoms with Crippen LogP contribution in [0.25, 0.3) is 16.3 Å². The number of hydrogen-bond donors (Lipinski definition) is 1. The number of nitrogens with zero attached hydrogens (tertiary/aromatic N) is 2. The van der Waals surface area contributed by atoms with Gasteiger partial charge in [-0.2, -0.15) is 0 Å². The van der Waals surface area contributed by atoms with Crippen LogP contribution in [0.3, 0.4) is 0 Å². The van der Waals surface area contributed by atoms with E-state index in [0.29, 0.717) is 31.6 Å². The van der Waals surface area contributed by atoms with Crippen molar-refractivity contribution in [2.45, 2.75) is 6.54 Å². The van der Waals surface area contributed by atoms with Crippen molar-refractivity contribution in [1.82, 2.24) is 14.9 Å². The molecule has 3 aromatic rings. The Bertz CT molecular complexity index is 1030. The summed E-state index contributed by atoms with van der Waals surface area (Å²) in [6.45, 7) is 0.188. The quantitative estimate of drug-likeness (QED) is 0.682. The van der Waals surface area contributed by atoms with Crippen LogP contribution in [-0.2, 0) is 11.3 Å². The first-order valence-corrected chi connectivity index (χ1v) is 8.93. The van der Waals surface area contributed by atoms with Crippen LogP contribution in [0.4, 0.5) is 0 Å². The molecule has 0 aliphatic heterocycles. The van der Waals surface area contributed by atoms with Crippen LogP contribution in [0.1, 0.15) is 11.4 Å². The minimum absolute atomic E-state index is 0.188. The zero-order chi connectivity index (χ0) is 18.0. The Balaban J connectivity index is 1.74. The Hall–Kier alpha value is -2.15. The normalized spacial score (nSPS) is 11.3. The lowest BCUT2D eigenvalue weighted by Crippen LogP contribution is -2.26. The first-order chi connectivity index (χ1) is 12.0. The largest absolute Gasteiger partial charge is 0.335 e. The standard InChI is InChI=1S/C17H13Cl2N3O2S/c1-22(9-13-20-12-7-8-25-16(12)17(24)21-13)14(23)6-5-10-3-2-4-11(18)15(10)19/h2-8H,9H2,1H3,(H,20,21,24)/b6-5+. The number of likely N-dealkylation sites (N-methyl/N-ethyl adjacent to an activating group) is 1. The average Bonchev–Trinajstić information content (AvgIpc) is 3.05. The maximum absolute atomic E-state index is 12.3. The van der Waals surface area contributed by atoms with E-state index in [1.165, 1.54) is 22.3 Å². The third kappa shape index (κ3) is 3.92. The Labute approximate surface area is 157 Å². The summed E-state index contributed by atoms with van der Waals surface area (Å²) in [4.78, 5) is 32.7. The van der Waals surface area contributed by atoms with Gasteiger partial charge in [0.25, 0.3) is 5.56 Å². The van der Waals surface area contributed by atoms with Gasteiger partial charge in [0, 0.05) is 13.1 Å². The van der Waals surface area contributed by atoms with Crippen LogP contribution in [0.2, 0.25) is 10.0 Å². The Morgan fingerprint density at radius 3 is 2.96 bits per heavy atom. The van der Waals surface area contributed by atoms with Crippen LogP contribution in [0.5, 0.6) is 0 Å². The van der Waals surface area contributed by atoms with E-state index in [2.05, 4.69) is 9.97 Å². The molecule has 25 heavy (non-hydrogen) atoms. The fourth-order valence-electron chi connectivity index (χ4n) is 2.24. The molecule has 0 radical (unpaired) electrons. The van der Waals surface area contributed by atoms with Gasteiger partial charge in [0.2, 0.25) is 5.91 Å². The lowest BCUT2D eigenvalue weighted by atomic mass is 10.2. The maximum Gasteiger partial charge on any atom is 0.268 e. The number of carbonyl (C=O) groups is 1. The van der Waals surface area contributed by atoms with E-state index in [4.69, 9.17) is 23.2 Å². The van der Waals surface area contributed by atoms with Gasteiger partial charge < -0.3 is 9.88 Å². The summed E-state index contributed by atoms with van der Waals surface area (Å²) >= 11 is 13.4. The molecule has 2 aromatic heterocycles. The van der Waals surface area contributed by atoms with E-state index >= 15 is 0 Å². The summed E-state index contributed by atoms with van der Waals surface area (Å²) in [5, 5.41) is 2.63. The molecule has 5 nitrogen and oxygen atoms in total. The molecule has 3 rings (SSSR count). The first kappa shape index (κ1) is 17.7. The predicted octanol–water partition coefficient (Wildman–Crippen LogP) is 3.96. The molecule has 8 heteroatoms. The summed E-state index contributed by atoms with van der Waals surface area (Å²) in [5.74, 6) is 0.185. The number of benzene rings is 1. The monoisotopic (exact) mass is 393 g/mol. The second-order valence-corrected chi connectivity index (χ2v) is 7.02. The number of amides is 1. The lowest BCUT2D eigenvalue weighted by Gasteiger charge is -2.14. The van der Waals surface area contributed by atoms with Crippen molar-refractivity contribution in [1.29, 1.82) is 0 Å². The minimum atomic E-state index is -0.246. The molecule has 1 amide bonds. The Kier molecular flexibility index (Phi) is 5.22. The van der Waals surface area contributed by atoms with Crippen molar-refractivity contribution in [3.8, 4) is 0 Å². The average molecular weight is 394 g/mol. The van der Waals surface area contributed by atoms with Gasteiger partial charge in [0.15, 0.2) is 0 Å². The molecule has 0 atom stereocenters. The Morgan fingerprint density at radius 2 is 2.16 bits per heavy atom. The van der Waals surface area contributed by atoms with Crippen molar-refractivity contribution in [2.75, 3.05) is 7.05 Å². The summed E-state index contributed by atoms with van der Waals surface area (Å²) in [7, 11) is 1.63. The van der Waals surface area contributed by atoms with E-state index in [-0.39, 0.29) is 18.0 Å². The molecule has 0 saturated carbocycles. The van der Waals surface area contributed by atoms with Gasteiger partial charge in [0.1, 0.15) is 10.5 Å². The van der Waals surface area contributed by atoms with E-state index in [0.717, 1.165) is 0 Å². The van der Waals surface area contributed by atoms with Gasteiger partial charge in [-0.25, -0.2) is 4.98 Å². The number of fused-ring (bicyclic) bond motifs is 1. The highest BCUT2D eigenvalue weighted by Gasteiger charge is 2.10. The highest BCUT2D eigenvalue weighted by Crippen LogP contribution is 2.26. The van der Waals surface area contributed by atoms with Crippen molar-refractivity contribution in [3.63, 3.8) is 0 Å². The number of rotatable bonds is 4. The van der Waals surface area contributed by atoms with Gasteiger partial charge in [-0.05, 0) is 29.2 Å². The van der Waals surface area contributed by atoms with Gasteiger partial charge in [0.05, 0.1) is 22.1 Å². The molecule has 0 aliphatic rings. The first-order valence-electron chi connectivity index (χ1n) is 7.29. The number of thiophene rings is 1. The number of nitrogens with one attached hydrogen (secondary N) is 1. The number of carbonyl (C=O) groups excluding carboxylic acids is 1. The molecule has 0 fully saturated rings. The SMILES string of the molecule is CN(Cc1nc2ccsc2c(=O)[nH]1)C(=O)/C=C/c1cccc(Cl)c1Cl. The zero-order valence-corrected chi connectivity index (χ0v) is 15.5. The molecule has 0 unspecified atom stereocenters. The molecule has 2 heterocycles. The fourth-order valence-corrected chi connectivity index (χ4v) is 3.33. The van der Waals surface area contributed by atoms with Gasteiger partial charge in [-0.15, -0.1) is 11.3 Å². The van der Waals surface area contributed by atoms with E-state index in [9.17, 15) is 9.59 Å². The van der Waals surface area contributed by atoms with Crippen LogP contribution in [0.15, 0.2) is 40.5 Å².